The molecule has 9 heteroatoms. The Morgan fingerprint density at radius 3 is 2.60 bits per heavy atom. The van der Waals surface area contributed by atoms with Gasteiger partial charge in [0.15, 0.2) is 0 Å². The van der Waals surface area contributed by atoms with Crippen LogP contribution in [-0.4, -0.2) is 43.5 Å². The largest absolute Gasteiger partial charge is 0.402 e. The van der Waals surface area contributed by atoms with Crippen LogP contribution in [0, 0.1) is 0 Å². The molecule has 1 N–H and O–H groups in total. The number of hydrogen-bond acceptors (Lipinski definition) is 4. The summed E-state index contributed by atoms with van der Waals surface area (Å²) in [6, 6.07) is 2.05. The average molecular weight is 309 g/mol. The van der Waals surface area contributed by atoms with Crippen molar-refractivity contribution in [2.24, 2.45) is 0 Å². The third-order valence-corrected chi connectivity index (χ3v) is 4.81. The maximum Gasteiger partial charge on any atom is 0.402 e. The molecule has 1 aliphatic carbocycles. The van der Waals surface area contributed by atoms with Crippen LogP contribution in [0.4, 0.5) is 19.0 Å². The number of halogens is 3. The van der Waals surface area contributed by atoms with Crippen LogP contribution in [0.25, 0.3) is 0 Å². The van der Waals surface area contributed by atoms with E-state index in [1.165, 1.54) is 25.4 Å². The molecule has 0 unspecified atom stereocenters. The molecule has 0 radical (unpaired) electrons. The Bertz CT molecular complexity index is 585. The van der Waals surface area contributed by atoms with E-state index in [9.17, 15) is 21.6 Å². The lowest BCUT2D eigenvalue weighted by atomic mass is 10.5. The van der Waals surface area contributed by atoms with E-state index >= 15 is 0 Å². The van der Waals surface area contributed by atoms with Gasteiger partial charge in [0.05, 0.1) is 0 Å². The molecule has 1 fully saturated rings. The lowest BCUT2D eigenvalue weighted by Crippen LogP contribution is -2.40. The molecule has 5 nitrogen and oxygen atoms in total. The van der Waals surface area contributed by atoms with Crippen molar-refractivity contribution < 1.29 is 21.6 Å². The van der Waals surface area contributed by atoms with Crippen molar-refractivity contribution in [2.45, 2.75) is 30.0 Å². The number of hydrogen-bond donors (Lipinski definition) is 1. The molecule has 1 aromatic heterocycles. The first-order valence-electron chi connectivity index (χ1n) is 5.97. The normalized spacial score (nSPS) is 16.4. The van der Waals surface area contributed by atoms with Gasteiger partial charge in [-0.25, -0.2) is 13.4 Å². The van der Waals surface area contributed by atoms with Gasteiger partial charge in [-0.1, -0.05) is 0 Å². The summed E-state index contributed by atoms with van der Waals surface area (Å²) in [6.45, 7) is -1.47. The first kappa shape index (κ1) is 15.0. The number of sulfonamides is 1. The third-order valence-electron chi connectivity index (χ3n) is 2.88. The fourth-order valence-corrected chi connectivity index (χ4v) is 3.68. The second-order valence-corrected chi connectivity index (χ2v) is 6.36. The Balaban J connectivity index is 2.40. The fraction of sp³-hybridized carbons (Fsp3) is 0.545. The number of rotatable bonds is 5. The fourth-order valence-electron chi connectivity index (χ4n) is 1.86. The molecule has 20 heavy (non-hydrogen) atoms. The summed E-state index contributed by atoms with van der Waals surface area (Å²) < 4.78 is 63.1. The summed E-state index contributed by atoms with van der Waals surface area (Å²) in [5.41, 5.74) is 0. The topological polar surface area (TPSA) is 62.3 Å². The summed E-state index contributed by atoms with van der Waals surface area (Å²) in [5.74, 6) is 0.0420. The van der Waals surface area contributed by atoms with Gasteiger partial charge >= 0.3 is 6.18 Å². The van der Waals surface area contributed by atoms with Crippen LogP contribution in [0.3, 0.4) is 0 Å². The summed E-state index contributed by atoms with van der Waals surface area (Å²) in [4.78, 5) is 3.59. The second-order valence-electron chi connectivity index (χ2n) is 4.50. The maximum atomic E-state index is 12.6. The van der Waals surface area contributed by atoms with Crippen molar-refractivity contribution in [1.82, 2.24) is 9.29 Å². The van der Waals surface area contributed by atoms with Crippen molar-refractivity contribution in [3.8, 4) is 0 Å². The molecule has 112 valence electrons. The Hall–Kier alpha value is -1.35. The summed E-state index contributed by atoms with van der Waals surface area (Å²) in [7, 11) is -2.76. The molecule has 0 aliphatic heterocycles. The second kappa shape index (κ2) is 5.21. The molecule has 2 rings (SSSR count). The zero-order chi connectivity index (χ0) is 15.0. The lowest BCUT2D eigenvalue weighted by Gasteiger charge is -2.23. The molecule has 0 bridgehead atoms. The van der Waals surface area contributed by atoms with Crippen LogP contribution in [0.5, 0.6) is 0 Å². The van der Waals surface area contributed by atoms with Crippen LogP contribution in [-0.2, 0) is 10.0 Å². The highest BCUT2D eigenvalue weighted by molar-refractivity contribution is 7.89. The molecular formula is C11H14F3N3O2S. The summed E-state index contributed by atoms with van der Waals surface area (Å²) in [6.07, 6.45) is -2.30. The van der Waals surface area contributed by atoms with Crippen LogP contribution in [0.2, 0.25) is 0 Å². The number of nitrogens with zero attached hydrogens (tertiary/aromatic N) is 2. The van der Waals surface area contributed by atoms with Gasteiger partial charge in [-0.15, -0.1) is 0 Å². The van der Waals surface area contributed by atoms with E-state index < -0.39 is 28.8 Å². The van der Waals surface area contributed by atoms with Gasteiger partial charge in [-0.3, -0.25) is 0 Å². The minimum Gasteiger partial charge on any atom is -0.372 e. The Morgan fingerprint density at radius 2 is 2.10 bits per heavy atom. The van der Waals surface area contributed by atoms with Gasteiger partial charge in [0.2, 0.25) is 10.0 Å². The van der Waals surface area contributed by atoms with Crippen LogP contribution < -0.4 is 5.32 Å². The average Bonchev–Trinajstić information content (AvgIpc) is 3.19. The van der Waals surface area contributed by atoms with E-state index in [2.05, 4.69) is 10.3 Å². The number of pyridine rings is 1. The number of alkyl halides is 3. The minimum atomic E-state index is -4.57. The Labute approximate surface area is 114 Å². The van der Waals surface area contributed by atoms with Crippen LogP contribution in [0.15, 0.2) is 23.2 Å². The first-order valence-corrected chi connectivity index (χ1v) is 7.41. The summed E-state index contributed by atoms with van der Waals surface area (Å²) >= 11 is 0. The molecule has 0 aromatic carbocycles. The van der Waals surface area contributed by atoms with Gasteiger partial charge in [0, 0.05) is 19.3 Å². The van der Waals surface area contributed by atoms with Gasteiger partial charge in [-0.05, 0) is 25.0 Å². The molecule has 0 spiro atoms. The molecular weight excluding hydrogens is 295 g/mol. The lowest BCUT2D eigenvalue weighted by molar-refractivity contribution is -0.137. The highest BCUT2D eigenvalue weighted by Crippen LogP contribution is 2.35. The van der Waals surface area contributed by atoms with E-state index in [4.69, 9.17) is 0 Å². The predicted octanol–water partition coefficient (Wildman–Crippen LogP) is 1.84. The quantitative estimate of drug-likeness (QED) is 0.901. The van der Waals surface area contributed by atoms with Crippen molar-refractivity contribution in [1.29, 1.82) is 0 Å². The van der Waals surface area contributed by atoms with Gasteiger partial charge in [0.25, 0.3) is 0 Å². The zero-order valence-corrected chi connectivity index (χ0v) is 11.5. The van der Waals surface area contributed by atoms with Gasteiger partial charge in [0.1, 0.15) is 17.3 Å². The highest BCUT2D eigenvalue weighted by Gasteiger charge is 2.45. The third kappa shape index (κ3) is 3.21. The van der Waals surface area contributed by atoms with Crippen molar-refractivity contribution in [3.05, 3.63) is 18.3 Å². The first-order chi connectivity index (χ1) is 9.25. The Kier molecular flexibility index (Phi) is 3.92. The van der Waals surface area contributed by atoms with Crippen molar-refractivity contribution in [2.75, 3.05) is 18.9 Å². The molecule has 1 heterocycles. The van der Waals surface area contributed by atoms with Crippen molar-refractivity contribution in [3.63, 3.8) is 0 Å². The van der Waals surface area contributed by atoms with Crippen molar-refractivity contribution >= 4 is 15.8 Å². The van der Waals surface area contributed by atoms with E-state index in [1.54, 1.807) is 0 Å². The molecule has 1 aliphatic rings. The molecule has 0 amide bonds. The van der Waals surface area contributed by atoms with E-state index in [0.29, 0.717) is 17.1 Å². The Morgan fingerprint density at radius 1 is 1.45 bits per heavy atom. The molecule has 1 saturated carbocycles. The number of anilines is 1. The van der Waals surface area contributed by atoms with Gasteiger partial charge < -0.3 is 5.32 Å². The van der Waals surface area contributed by atoms with E-state index in [-0.39, 0.29) is 10.7 Å². The highest BCUT2D eigenvalue weighted by atomic mass is 32.2. The maximum absolute atomic E-state index is 12.6. The van der Waals surface area contributed by atoms with Crippen LogP contribution >= 0.6 is 0 Å². The monoisotopic (exact) mass is 309 g/mol. The SMILES string of the molecule is CNc1ncccc1S(=O)(=O)N(CC(F)(F)F)C1CC1. The number of nitrogens with one attached hydrogen (secondary N) is 1. The summed E-state index contributed by atoms with van der Waals surface area (Å²) in [5, 5.41) is 2.58. The molecule has 0 saturated heterocycles. The van der Waals surface area contributed by atoms with Crippen LogP contribution in [0.1, 0.15) is 12.8 Å². The minimum absolute atomic E-state index is 0.0420. The van der Waals surface area contributed by atoms with Gasteiger partial charge in [-0.2, -0.15) is 17.5 Å². The predicted molar refractivity (Wildman–Crippen MR) is 66.8 cm³/mol. The number of aromatic nitrogens is 1. The standard InChI is InChI=1S/C11H14F3N3O2S/c1-15-10-9(3-2-6-16-10)20(18,19)17(8-4-5-8)7-11(12,13)14/h2-3,6,8H,4-5,7H2,1H3,(H,15,16). The smallest absolute Gasteiger partial charge is 0.372 e. The molecule has 1 aromatic rings. The molecule has 0 atom stereocenters. The van der Waals surface area contributed by atoms with E-state index in [1.807, 2.05) is 0 Å². The van der Waals surface area contributed by atoms with E-state index in [0.717, 1.165) is 0 Å². The zero-order valence-electron chi connectivity index (χ0n) is 10.7.